The number of alkyl halides is 3. The van der Waals surface area contributed by atoms with Crippen molar-refractivity contribution in [1.29, 1.82) is 5.41 Å². The lowest BCUT2D eigenvalue weighted by molar-refractivity contribution is -0.274. The number of hydrogen-bond donors (Lipinski definition) is 2. The van der Waals surface area contributed by atoms with Gasteiger partial charge in [-0.3, -0.25) is 15.1 Å². The van der Waals surface area contributed by atoms with Gasteiger partial charge in [0, 0.05) is 7.05 Å². The van der Waals surface area contributed by atoms with Crippen LogP contribution in [0.25, 0.3) is 11.1 Å². The van der Waals surface area contributed by atoms with Gasteiger partial charge in [0.25, 0.3) is 0 Å². The molecule has 2 aliphatic rings. The van der Waals surface area contributed by atoms with Gasteiger partial charge >= 0.3 is 6.36 Å². The number of fused-ring (bicyclic) bond motifs is 2. The SMILES string of the molecule is CN1C(=N)NC2(CCCc3ccc(-c4cccc(OC(F)(F)F)c4)cc32)CC1=O. The number of ether oxygens (including phenoxy) is 1. The molecule has 1 spiro atoms. The molecule has 29 heavy (non-hydrogen) atoms. The van der Waals surface area contributed by atoms with Crippen molar-refractivity contribution < 1.29 is 22.7 Å². The van der Waals surface area contributed by atoms with Gasteiger partial charge in [-0.25, -0.2) is 0 Å². The highest BCUT2D eigenvalue weighted by molar-refractivity contribution is 5.99. The Kier molecular flexibility index (Phi) is 4.52. The summed E-state index contributed by atoms with van der Waals surface area (Å²) >= 11 is 0. The lowest BCUT2D eigenvalue weighted by Crippen LogP contribution is -2.60. The van der Waals surface area contributed by atoms with Crippen LogP contribution in [0.5, 0.6) is 5.75 Å². The van der Waals surface area contributed by atoms with E-state index >= 15 is 0 Å². The second-order valence-corrected chi connectivity index (χ2v) is 7.49. The van der Waals surface area contributed by atoms with Gasteiger partial charge in [0.1, 0.15) is 5.75 Å². The lowest BCUT2D eigenvalue weighted by Gasteiger charge is -2.45. The molecular formula is C21H20F3N3O2. The van der Waals surface area contributed by atoms with Crippen molar-refractivity contribution in [2.75, 3.05) is 7.05 Å². The number of hydrogen-bond acceptors (Lipinski definition) is 3. The van der Waals surface area contributed by atoms with Crippen LogP contribution in [0, 0.1) is 5.41 Å². The van der Waals surface area contributed by atoms with Crippen molar-refractivity contribution in [3.63, 3.8) is 0 Å². The van der Waals surface area contributed by atoms with Crippen LogP contribution in [0.2, 0.25) is 0 Å². The van der Waals surface area contributed by atoms with Gasteiger partial charge in [0.2, 0.25) is 5.91 Å². The first-order valence-corrected chi connectivity index (χ1v) is 9.30. The Hall–Kier alpha value is -3.03. The van der Waals surface area contributed by atoms with Crippen LogP contribution in [0.1, 0.15) is 30.4 Å². The number of nitrogens with zero attached hydrogens (tertiary/aromatic N) is 1. The first kappa shape index (κ1) is 19.3. The second-order valence-electron chi connectivity index (χ2n) is 7.49. The predicted octanol–water partition coefficient (Wildman–Crippen LogP) is 4.17. The summed E-state index contributed by atoms with van der Waals surface area (Å²) in [6.07, 6.45) is -2.06. The van der Waals surface area contributed by atoms with E-state index < -0.39 is 11.9 Å². The summed E-state index contributed by atoms with van der Waals surface area (Å²) in [5, 5.41) is 11.3. The normalized spacial score (nSPS) is 21.7. The first-order valence-electron chi connectivity index (χ1n) is 9.30. The Balaban J connectivity index is 1.74. The number of rotatable bonds is 2. The Morgan fingerprint density at radius 2 is 1.93 bits per heavy atom. The largest absolute Gasteiger partial charge is 0.573 e. The number of guanidine groups is 1. The molecule has 8 heteroatoms. The average molecular weight is 403 g/mol. The molecule has 152 valence electrons. The Labute approximate surface area is 166 Å². The van der Waals surface area contributed by atoms with Crippen molar-refractivity contribution in [3.05, 3.63) is 53.6 Å². The quantitative estimate of drug-likeness (QED) is 0.791. The van der Waals surface area contributed by atoms with Crippen LogP contribution < -0.4 is 10.1 Å². The number of carbonyl (C=O) groups is 1. The molecule has 0 radical (unpaired) electrons. The third-order valence-electron chi connectivity index (χ3n) is 5.60. The Morgan fingerprint density at radius 1 is 1.17 bits per heavy atom. The van der Waals surface area contributed by atoms with Gasteiger partial charge in [-0.1, -0.05) is 24.3 Å². The van der Waals surface area contributed by atoms with Gasteiger partial charge in [0.15, 0.2) is 5.96 Å². The van der Waals surface area contributed by atoms with E-state index in [1.165, 1.54) is 23.1 Å². The number of carbonyl (C=O) groups excluding carboxylic acids is 1. The maximum absolute atomic E-state index is 12.6. The summed E-state index contributed by atoms with van der Waals surface area (Å²) in [7, 11) is 1.57. The van der Waals surface area contributed by atoms with Crippen LogP contribution >= 0.6 is 0 Å². The third kappa shape index (κ3) is 3.66. The summed E-state index contributed by atoms with van der Waals surface area (Å²) < 4.78 is 41.7. The molecule has 1 amide bonds. The summed E-state index contributed by atoms with van der Waals surface area (Å²) in [5.41, 5.74) is 2.67. The van der Waals surface area contributed by atoms with E-state index in [1.54, 1.807) is 13.1 Å². The summed E-state index contributed by atoms with van der Waals surface area (Å²) in [4.78, 5) is 13.7. The molecule has 1 unspecified atom stereocenters. The standard InChI is InChI=1S/C21H20F3N3O2/c1-27-18(28)12-20(26-19(27)25)9-3-5-13-7-8-15(11-17(13)20)14-4-2-6-16(10-14)29-21(22,23)24/h2,4,6-8,10-11H,3,5,9,12H2,1H3,(H2,25,26). The first-order chi connectivity index (χ1) is 13.7. The molecule has 5 nitrogen and oxygen atoms in total. The minimum atomic E-state index is -4.75. The van der Waals surface area contributed by atoms with Gasteiger partial charge < -0.3 is 10.1 Å². The van der Waals surface area contributed by atoms with Crippen LogP contribution in [0.3, 0.4) is 0 Å². The van der Waals surface area contributed by atoms with Crippen molar-refractivity contribution in [1.82, 2.24) is 10.2 Å². The topological polar surface area (TPSA) is 65.4 Å². The summed E-state index contributed by atoms with van der Waals surface area (Å²) in [6.45, 7) is 0. The molecule has 1 heterocycles. The second kappa shape index (κ2) is 6.79. The zero-order chi connectivity index (χ0) is 20.8. The van der Waals surface area contributed by atoms with Crippen molar-refractivity contribution in [2.45, 2.75) is 37.6 Å². The van der Waals surface area contributed by atoms with Crippen LogP contribution in [-0.4, -0.2) is 30.2 Å². The fraction of sp³-hybridized carbons (Fsp3) is 0.333. The van der Waals surface area contributed by atoms with Crippen molar-refractivity contribution in [3.8, 4) is 16.9 Å². The molecule has 1 aliphatic heterocycles. The third-order valence-corrected chi connectivity index (χ3v) is 5.60. The highest BCUT2D eigenvalue weighted by atomic mass is 19.4. The van der Waals surface area contributed by atoms with Gasteiger partial charge in [-0.05, 0) is 59.7 Å². The molecule has 1 saturated heterocycles. The monoisotopic (exact) mass is 403 g/mol. The lowest BCUT2D eigenvalue weighted by atomic mass is 9.72. The van der Waals surface area contributed by atoms with Gasteiger partial charge in [-0.2, -0.15) is 0 Å². The Bertz CT molecular complexity index is 969. The van der Waals surface area contributed by atoms with Crippen molar-refractivity contribution in [2.24, 2.45) is 0 Å². The number of nitrogens with one attached hydrogen (secondary N) is 2. The van der Waals surface area contributed by atoms with E-state index in [9.17, 15) is 18.0 Å². The smallest absolute Gasteiger partial charge is 0.406 e. The van der Waals surface area contributed by atoms with Crippen LogP contribution in [0.4, 0.5) is 13.2 Å². The summed E-state index contributed by atoms with van der Waals surface area (Å²) in [5.74, 6) is -0.357. The maximum atomic E-state index is 12.6. The molecule has 0 saturated carbocycles. The maximum Gasteiger partial charge on any atom is 0.573 e. The van der Waals surface area contributed by atoms with E-state index in [0.29, 0.717) is 12.0 Å². The minimum absolute atomic E-state index is 0.0556. The van der Waals surface area contributed by atoms with Gasteiger partial charge in [-0.15, -0.1) is 13.2 Å². The predicted molar refractivity (Wildman–Crippen MR) is 101 cm³/mol. The molecule has 0 aromatic heterocycles. The molecule has 1 aliphatic carbocycles. The van der Waals surface area contributed by atoms with E-state index in [4.69, 9.17) is 5.41 Å². The van der Waals surface area contributed by atoms with Gasteiger partial charge in [0.05, 0.1) is 12.0 Å². The molecule has 2 aromatic carbocycles. The zero-order valence-electron chi connectivity index (χ0n) is 15.8. The van der Waals surface area contributed by atoms with E-state index in [0.717, 1.165) is 29.5 Å². The van der Waals surface area contributed by atoms with E-state index in [1.807, 2.05) is 18.2 Å². The molecule has 2 aromatic rings. The fourth-order valence-corrected chi connectivity index (χ4v) is 4.18. The minimum Gasteiger partial charge on any atom is -0.406 e. The zero-order valence-corrected chi connectivity index (χ0v) is 15.8. The number of halogens is 3. The molecule has 4 rings (SSSR count). The van der Waals surface area contributed by atoms with E-state index in [2.05, 4.69) is 10.1 Å². The number of aryl methyl sites for hydroxylation is 1. The molecule has 1 atom stereocenters. The van der Waals surface area contributed by atoms with Crippen LogP contribution in [-0.2, 0) is 16.8 Å². The molecule has 1 fully saturated rings. The molecule has 2 N–H and O–H groups in total. The van der Waals surface area contributed by atoms with E-state index in [-0.39, 0.29) is 24.0 Å². The average Bonchev–Trinajstić information content (AvgIpc) is 2.65. The fourth-order valence-electron chi connectivity index (χ4n) is 4.18. The van der Waals surface area contributed by atoms with Crippen molar-refractivity contribution >= 4 is 11.9 Å². The Morgan fingerprint density at radius 3 is 2.66 bits per heavy atom. The highest BCUT2D eigenvalue weighted by Gasteiger charge is 2.44. The number of benzene rings is 2. The summed E-state index contributed by atoms with van der Waals surface area (Å²) in [6, 6.07) is 11.6. The number of amides is 1. The molecule has 0 bridgehead atoms. The van der Waals surface area contributed by atoms with Crippen LogP contribution in [0.15, 0.2) is 42.5 Å². The molecular weight excluding hydrogens is 383 g/mol. The highest BCUT2D eigenvalue weighted by Crippen LogP contribution is 2.42.